The number of aliphatic hydroxyl groups excluding tert-OH is 1. The van der Waals surface area contributed by atoms with Crippen molar-refractivity contribution in [3.8, 4) is 5.75 Å². The lowest BCUT2D eigenvalue weighted by atomic mass is 10.1. The zero-order valence-electron chi connectivity index (χ0n) is 12.6. The maximum atomic E-state index is 9.86. The predicted molar refractivity (Wildman–Crippen MR) is 78.5 cm³/mol. The van der Waals surface area contributed by atoms with Crippen LogP contribution in [0.25, 0.3) is 0 Å². The summed E-state index contributed by atoms with van der Waals surface area (Å²) in [7, 11) is 0. The van der Waals surface area contributed by atoms with Gasteiger partial charge >= 0.3 is 0 Å². The first-order valence-electron chi connectivity index (χ1n) is 7.15. The summed E-state index contributed by atoms with van der Waals surface area (Å²) in [4.78, 5) is 0. The van der Waals surface area contributed by atoms with Gasteiger partial charge in [-0.15, -0.1) is 0 Å². The quantitative estimate of drug-likeness (QED) is 0.789. The second kappa shape index (κ2) is 7.51. The average Bonchev–Trinajstić information content (AvgIpc) is 2.35. The highest BCUT2D eigenvalue weighted by Crippen LogP contribution is 2.13. The Bertz CT molecular complexity index is 354. The molecule has 0 bridgehead atoms. The molecule has 0 fully saturated rings. The van der Waals surface area contributed by atoms with Crippen LogP contribution >= 0.6 is 0 Å². The fraction of sp³-hybridized carbons (Fsp3) is 0.625. The molecular formula is C16H28NO2+. The van der Waals surface area contributed by atoms with Crippen molar-refractivity contribution in [1.29, 1.82) is 0 Å². The van der Waals surface area contributed by atoms with Crippen LogP contribution in [0.15, 0.2) is 24.3 Å². The summed E-state index contributed by atoms with van der Waals surface area (Å²) < 4.78 is 5.60. The molecule has 1 unspecified atom stereocenters. The number of aliphatic hydroxyl groups is 1. The Kier molecular flexibility index (Phi) is 6.32. The Morgan fingerprint density at radius 2 is 1.84 bits per heavy atom. The van der Waals surface area contributed by atoms with Crippen LogP contribution in [0.4, 0.5) is 0 Å². The summed E-state index contributed by atoms with van der Waals surface area (Å²) in [6.45, 7) is 9.58. The number of quaternary nitrogens is 1. The van der Waals surface area contributed by atoms with Crippen molar-refractivity contribution in [2.24, 2.45) is 0 Å². The summed E-state index contributed by atoms with van der Waals surface area (Å²) in [6.07, 6.45) is 1.82. The van der Waals surface area contributed by atoms with Crippen LogP contribution in [0.3, 0.4) is 0 Å². The molecule has 3 nitrogen and oxygen atoms in total. The van der Waals surface area contributed by atoms with Gasteiger partial charge in [0.25, 0.3) is 0 Å². The molecule has 0 saturated heterocycles. The number of ether oxygens (including phenoxy) is 1. The minimum Gasteiger partial charge on any atom is -0.491 e. The summed E-state index contributed by atoms with van der Waals surface area (Å²) >= 11 is 0. The van der Waals surface area contributed by atoms with E-state index < -0.39 is 6.10 Å². The minimum absolute atomic E-state index is 0.142. The van der Waals surface area contributed by atoms with Gasteiger partial charge in [-0.05, 0) is 44.9 Å². The first kappa shape index (κ1) is 16.0. The van der Waals surface area contributed by atoms with Crippen molar-refractivity contribution in [1.82, 2.24) is 0 Å². The van der Waals surface area contributed by atoms with Crippen LogP contribution in [0.2, 0.25) is 0 Å². The van der Waals surface area contributed by atoms with Crippen LogP contribution < -0.4 is 10.1 Å². The average molecular weight is 266 g/mol. The third kappa shape index (κ3) is 7.19. The fourth-order valence-electron chi connectivity index (χ4n) is 1.79. The Balaban J connectivity index is 2.31. The highest BCUT2D eigenvalue weighted by atomic mass is 16.5. The molecule has 3 N–H and O–H groups in total. The first-order valence-corrected chi connectivity index (χ1v) is 7.15. The van der Waals surface area contributed by atoms with Crippen LogP contribution in [0.5, 0.6) is 5.75 Å². The lowest BCUT2D eigenvalue weighted by Gasteiger charge is -2.19. The monoisotopic (exact) mass is 266 g/mol. The van der Waals surface area contributed by atoms with E-state index in [0.29, 0.717) is 13.2 Å². The molecule has 0 spiro atoms. The van der Waals surface area contributed by atoms with Gasteiger partial charge < -0.3 is 15.2 Å². The van der Waals surface area contributed by atoms with Crippen molar-refractivity contribution in [3.63, 3.8) is 0 Å². The molecule has 0 aliphatic rings. The molecule has 0 aliphatic heterocycles. The minimum atomic E-state index is -0.436. The molecule has 1 aromatic carbocycles. The third-order valence-electron chi connectivity index (χ3n) is 2.91. The molecule has 0 aliphatic carbocycles. The standard InChI is InChI=1S/C16H27NO2/c1-5-6-13-7-9-15(10-8-13)19-12-14(18)11-17-16(2,3)4/h7-10,14,17-18H,5-6,11-12H2,1-4H3/p+1. The molecule has 19 heavy (non-hydrogen) atoms. The third-order valence-corrected chi connectivity index (χ3v) is 2.91. The van der Waals surface area contributed by atoms with Crippen molar-refractivity contribution in [3.05, 3.63) is 29.8 Å². The van der Waals surface area contributed by atoms with Gasteiger partial charge in [0.15, 0.2) is 0 Å². The molecule has 0 saturated carbocycles. The lowest BCUT2D eigenvalue weighted by molar-refractivity contribution is -0.722. The number of nitrogens with two attached hydrogens (primary N) is 1. The smallest absolute Gasteiger partial charge is 0.137 e. The molecule has 0 heterocycles. The zero-order valence-corrected chi connectivity index (χ0v) is 12.6. The molecule has 0 aromatic heterocycles. The highest BCUT2D eigenvalue weighted by molar-refractivity contribution is 5.27. The van der Waals surface area contributed by atoms with Crippen LogP contribution in [0, 0.1) is 0 Å². The fourth-order valence-corrected chi connectivity index (χ4v) is 1.79. The van der Waals surface area contributed by atoms with E-state index in [1.165, 1.54) is 5.56 Å². The molecule has 0 radical (unpaired) electrons. The van der Waals surface area contributed by atoms with E-state index >= 15 is 0 Å². The summed E-state index contributed by atoms with van der Waals surface area (Å²) in [6, 6.07) is 8.13. The van der Waals surface area contributed by atoms with Gasteiger partial charge in [-0.3, -0.25) is 0 Å². The molecule has 3 heteroatoms. The van der Waals surface area contributed by atoms with Crippen LogP contribution in [-0.2, 0) is 6.42 Å². The Morgan fingerprint density at radius 1 is 1.21 bits per heavy atom. The summed E-state index contributed by atoms with van der Waals surface area (Å²) in [5.41, 5.74) is 1.47. The topological polar surface area (TPSA) is 46.1 Å². The van der Waals surface area contributed by atoms with E-state index in [0.717, 1.165) is 18.6 Å². The summed E-state index contributed by atoms with van der Waals surface area (Å²) in [5, 5.41) is 12.0. The van der Waals surface area contributed by atoms with Crippen molar-refractivity contribution in [2.45, 2.75) is 52.2 Å². The Hall–Kier alpha value is -1.06. The summed E-state index contributed by atoms with van der Waals surface area (Å²) in [5.74, 6) is 0.828. The van der Waals surface area contributed by atoms with E-state index in [2.05, 4.69) is 45.1 Å². The normalized spacial score (nSPS) is 13.3. The highest BCUT2D eigenvalue weighted by Gasteiger charge is 2.16. The lowest BCUT2D eigenvalue weighted by Crippen LogP contribution is -2.96. The van der Waals surface area contributed by atoms with Crippen molar-refractivity contribution >= 4 is 0 Å². The molecule has 1 rings (SSSR count). The maximum Gasteiger partial charge on any atom is 0.137 e. The number of benzene rings is 1. The molecule has 0 amide bonds. The molecule has 108 valence electrons. The van der Waals surface area contributed by atoms with Gasteiger partial charge in [0, 0.05) is 0 Å². The number of rotatable bonds is 7. The van der Waals surface area contributed by atoms with Gasteiger partial charge in [0.2, 0.25) is 0 Å². The molecule has 1 atom stereocenters. The first-order chi connectivity index (χ1) is 8.90. The second-order valence-corrected chi connectivity index (χ2v) is 6.16. The Morgan fingerprint density at radius 3 is 2.37 bits per heavy atom. The van der Waals surface area contributed by atoms with Crippen LogP contribution in [-0.4, -0.2) is 29.9 Å². The van der Waals surface area contributed by atoms with E-state index in [4.69, 9.17) is 4.74 Å². The number of hydrogen-bond acceptors (Lipinski definition) is 2. The van der Waals surface area contributed by atoms with Gasteiger partial charge in [0.1, 0.15) is 25.0 Å². The number of hydrogen-bond donors (Lipinski definition) is 2. The predicted octanol–water partition coefficient (Wildman–Crippen LogP) is 1.74. The van der Waals surface area contributed by atoms with E-state index in [-0.39, 0.29) is 5.54 Å². The van der Waals surface area contributed by atoms with Crippen LogP contribution in [0.1, 0.15) is 39.7 Å². The van der Waals surface area contributed by atoms with Crippen molar-refractivity contribution in [2.75, 3.05) is 13.2 Å². The SMILES string of the molecule is CCCc1ccc(OCC(O)C[NH2+]C(C)(C)C)cc1. The number of aryl methyl sites for hydroxylation is 1. The Labute approximate surface area is 117 Å². The van der Waals surface area contributed by atoms with E-state index in [1.54, 1.807) is 0 Å². The van der Waals surface area contributed by atoms with Gasteiger partial charge in [-0.1, -0.05) is 25.5 Å². The second-order valence-electron chi connectivity index (χ2n) is 6.16. The molecular weight excluding hydrogens is 238 g/mol. The van der Waals surface area contributed by atoms with E-state index in [1.807, 2.05) is 12.1 Å². The zero-order chi connectivity index (χ0) is 14.3. The molecule has 1 aromatic rings. The maximum absolute atomic E-state index is 9.86. The van der Waals surface area contributed by atoms with Crippen molar-refractivity contribution < 1.29 is 15.2 Å². The van der Waals surface area contributed by atoms with Gasteiger partial charge in [0.05, 0.1) is 5.54 Å². The van der Waals surface area contributed by atoms with E-state index in [9.17, 15) is 5.11 Å². The van der Waals surface area contributed by atoms with Gasteiger partial charge in [-0.25, -0.2) is 0 Å². The largest absolute Gasteiger partial charge is 0.491 e. The van der Waals surface area contributed by atoms with Gasteiger partial charge in [-0.2, -0.15) is 0 Å².